The second-order valence-electron chi connectivity index (χ2n) is 11.1. The van der Waals surface area contributed by atoms with Crippen molar-refractivity contribution in [3.05, 3.63) is 17.8 Å². The van der Waals surface area contributed by atoms with Gasteiger partial charge >= 0.3 is 0 Å². The Morgan fingerprint density at radius 1 is 1.39 bits per heavy atom. The largest absolute Gasteiger partial charge is 0.477 e. The van der Waals surface area contributed by atoms with E-state index in [0.717, 1.165) is 32.1 Å². The van der Waals surface area contributed by atoms with Gasteiger partial charge in [-0.3, -0.25) is 9.18 Å². The van der Waals surface area contributed by atoms with Crippen LogP contribution in [0.5, 0.6) is 5.88 Å². The summed E-state index contributed by atoms with van der Waals surface area (Å²) in [6.45, 7) is 7.66. The van der Waals surface area contributed by atoms with E-state index in [4.69, 9.17) is 4.74 Å². The van der Waals surface area contributed by atoms with Crippen molar-refractivity contribution >= 4 is 12.1 Å². The van der Waals surface area contributed by atoms with Crippen molar-refractivity contribution in [2.45, 2.75) is 71.4 Å². The third kappa shape index (κ3) is 4.66. The number of allylic oxidation sites excluding steroid dienone is 1. The number of halogens is 1. The number of rotatable bonds is 8. The quantitative estimate of drug-likeness (QED) is 0.648. The first-order valence-corrected chi connectivity index (χ1v) is 11.6. The number of hydrogen-bond donors (Lipinski definition) is 2. The van der Waals surface area contributed by atoms with Gasteiger partial charge in [-0.05, 0) is 55.8 Å². The van der Waals surface area contributed by atoms with E-state index in [-0.39, 0.29) is 17.9 Å². The molecular weight excluding hydrogens is 397 g/mol. The van der Waals surface area contributed by atoms with Crippen LogP contribution in [0.15, 0.2) is 12.3 Å². The summed E-state index contributed by atoms with van der Waals surface area (Å²) in [6.07, 6.45) is 9.59. The molecule has 4 fully saturated rings. The summed E-state index contributed by atoms with van der Waals surface area (Å²) in [5.74, 6) is 1.75. The van der Waals surface area contributed by atoms with Crippen LogP contribution < -0.4 is 10.1 Å². The van der Waals surface area contributed by atoms with Gasteiger partial charge in [0.1, 0.15) is 5.56 Å². The molecular formula is C24H36FN3O3. The molecule has 6 nitrogen and oxygen atoms in total. The lowest BCUT2D eigenvalue weighted by atomic mass is 9.52. The van der Waals surface area contributed by atoms with Crippen molar-refractivity contribution in [2.75, 3.05) is 13.3 Å². The van der Waals surface area contributed by atoms with Gasteiger partial charge in [0.05, 0.1) is 25.1 Å². The molecule has 2 unspecified atom stereocenters. The normalized spacial score (nSPS) is 32.2. The molecule has 1 heterocycles. The van der Waals surface area contributed by atoms with E-state index in [1.54, 1.807) is 26.1 Å². The van der Waals surface area contributed by atoms with Gasteiger partial charge in [-0.15, -0.1) is 0 Å². The number of nitrogens with zero attached hydrogens (tertiary/aromatic N) is 2. The summed E-state index contributed by atoms with van der Waals surface area (Å²) >= 11 is 0. The van der Waals surface area contributed by atoms with Gasteiger partial charge in [0.15, 0.2) is 0 Å². The van der Waals surface area contributed by atoms with E-state index >= 15 is 0 Å². The molecule has 0 saturated heterocycles. The number of ether oxygens (including phenoxy) is 1. The van der Waals surface area contributed by atoms with Crippen LogP contribution in [0.2, 0.25) is 0 Å². The number of hydrogen-bond acceptors (Lipinski definition) is 4. The molecule has 5 rings (SSSR count). The van der Waals surface area contributed by atoms with Crippen LogP contribution in [-0.4, -0.2) is 45.7 Å². The SMILES string of the molecule is CC(C)COc1c(C(=O)NC2C3CC4CC2CC(O)(C4)C3)cnn1/C=C/C(C)(C)CF. The van der Waals surface area contributed by atoms with Crippen LogP contribution in [0, 0.1) is 29.1 Å². The number of carbonyl (C=O) groups is 1. The predicted molar refractivity (Wildman–Crippen MR) is 117 cm³/mol. The predicted octanol–water partition coefficient (Wildman–Crippen LogP) is 4.05. The minimum absolute atomic E-state index is 0.0895. The number of amides is 1. The molecule has 1 aromatic heterocycles. The third-order valence-electron chi connectivity index (χ3n) is 7.10. The number of aliphatic hydroxyl groups is 1. The second kappa shape index (κ2) is 8.23. The van der Waals surface area contributed by atoms with E-state index in [0.29, 0.717) is 35.8 Å². The highest BCUT2D eigenvalue weighted by molar-refractivity contribution is 5.96. The highest BCUT2D eigenvalue weighted by Crippen LogP contribution is 2.55. The maximum absolute atomic E-state index is 13.3. The maximum atomic E-state index is 13.3. The summed E-state index contributed by atoms with van der Waals surface area (Å²) in [7, 11) is 0. The molecule has 2 atom stereocenters. The Hall–Kier alpha value is -1.89. The fourth-order valence-electron chi connectivity index (χ4n) is 5.77. The summed E-state index contributed by atoms with van der Waals surface area (Å²) in [4.78, 5) is 13.3. The van der Waals surface area contributed by atoms with E-state index < -0.39 is 17.7 Å². The molecule has 0 aromatic carbocycles. The van der Waals surface area contributed by atoms with E-state index in [1.807, 2.05) is 13.8 Å². The lowest BCUT2D eigenvalue weighted by Gasteiger charge is -2.58. The van der Waals surface area contributed by atoms with Crippen molar-refractivity contribution in [3.8, 4) is 5.88 Å². The Kier molecular flexibility index (Phi) is 5.92. The van der Waals surface area contributed by atoms with Crippen molar-refractivity contribution in [3.63, 3.8) is 0 Å². The molecule has 0 spiro atoms. The van der Waals surface area contributed by atoms with E-state index in [2.05, 4.69) is 10.4 Å². The minimum atomic E-state index is -0.621. The minimum Gasteiger partial charge on any atom is -0.477 e. The molecule has 0 aliphatic heterocycles. The van der Waals surface area contributed by atoms with Gasteiger partial charge in [-0.2, -0.15) is 5.10 Å². The van der Waals surface area contributed by atoms with Crippen molar-refractivity contribution in [2.24, 2.45) is 29.1 Å². The van der Waals surface area contributed by atoms with Gasteiger partial charge in [-0.25, -0.2) is 4.68 Å². The first kappa shape index (κ1) is 22.3. The molecule has 0 radical (unpaired) electrons. The Bertz CT molecular complexity index is 831. The van der Waals surface area contributed by atoms with Crippen molar-refractivity contribution in [1.29, 1.82) is 0 Å². The van der Waals surface area contributed by atoms with Gasteiger partial charge in [0.25, 0.3) is 5.91 Å². The zero-order chi connectivity index (χ0) is 22.4. The second-order valence-corrected chi connectivity index (χ2v) is 11.1. The zero-order valence-electron chi connectivity index (χ0n) is 19.1. The average Bonchev–Trinajstić information content (AvgIpc) is 3.09. The zero-order valence-corrected chi connectivity index (χ0v) is 19.1. The van der Waals surface area contributed by atoms with Crippen LogP contribution in [-0.2, 0) is 0 Å². The molecule has 7 heteroatoms. The van der Waals surface area contributed by atoms with Crippen LogP contribution in [0.25, 0.3) is 6.20 Å². The fraction of sp³-hybridized carbons (Fsp3) is 0.750. The Morgan fingerprint density at radius 3 is 2.65 bits per heavy atom. The number of nitrogens with one attached hydrogen (secondary N) is 1. The van der Waals surface area contributed by atoms with Crippen molar-refractivity contribution in [1.82, 2.24) is 15.1 Å². The fourth-order valence-corrected chi connectivity index (χ4v) is 5.77. The first-order valence-electron chi connectivity index (χ1n) is 11.6. The lowest BCUT2D eigenvalue weighted by molar-refractivity contribution is -0.136. The summed E-state index contributed by atoms with van der Waals surface area (Å²) in [5, 5.41) is 18.4. The van der Waals surface area contributed by atoms with Crippen LogP contribution >= 0.6 is 0 Å². The summed E-state index contributed by atoms with van der Waals surface area (Å²) < 4.78 is 20.7. The van der Waals surface area contributed by atoms with Gasteiger partial charge < -0.3 is 15.2 Å². The van der Waals surface area contributed by atoms with Crippen LogP contribution in [0.4, 0.5) is 4.39 Å². The van der Waals surface area contributed by atoms with Crippen LogP contribution in [0.1, 0.15) is 70.2 Å². The number of carbonyl (C=O) groups excluding carboxylic acids is 1. The third-order valence-corrected chi connectivity index (χ3v) is 7.10. The Labute approximate surface area is 184 Å². The first-order chi connectivity index (χ1) is 14.6. The molecule has 4 aliphatic carbocycles. The van der Waals surface area contributed by atoms with Crippen molar-refractivity contribution < 1.29 is 19.0 Å². The molecule has 1 aromatic rings. The lowest BCUT2D eigenvalue weighted by Crippen LogP contribution is -2.61. The standard InChI is InChI=1S/C24H36FN3O3/c1-15(2)13-31-22-19(12-26-28(22)6-5-23(3,4)14-25)21(29)27-20-17-7-16-8-18(20)11-24(30,9-16)10-17/h5-6,12,15-18,20,30H,7-11,13-14H2,1-4H3,(H,27,29)/b6-5+. The van der Waals surface area contributed by atoms with E-state index in [9.17, 15) is 14.3 Å². The molecule has 4 bridgehead atoms. The van der Waals surface area contributed by atoms with Crippen LogP contribution in [0.3, 0.4) is 0 Å². The Morgan fingerprint density at radius 2 is 2.06 bits per heavy atom. The Balaban J connectivity index is 1.53. The average molecular weight is 434 g/mol. The van der Waals surface area contributed by atoms with E-state index in [1.165, 1.54) is 10.9 Å². The smallest absolute Gasteiger partial charge is 0.258 e. The molecule has 31 heavy (non-hydrogen) atoms. The number of alkyl halides is 1. The molecule has 172 valence electrons. The highest BCUT2D eigenvalue weighted by Gasteiger charge is 2.55. The maximum Gasteiger partial charge on any atom is 0.258 e. The van der Waals surface area contributed by atoms with Gasteiger partial charge in [-0.1, -0.05) is 33.8 Å². The molecule has 4 saturated carbocycles. The van der Waals surface area contributed by atoms with Gasteiger partial charge in [0, 0.05) is 17.7 Å². The topological polar surface area (TPSA) is 76.4 Å². The van der Waals surface area contributed by atoms with Gasteiger partial charge in [0.2, 0.25) is 5.88 Å². The molecule has 2 N–H and O–H groups in total. The number of aromatic nitrogens is 2. The highest BCUT2D eigenvalue weighted by atomic mass is 19.1. The summed E-state index contributed by atoms with van der Waals surface area (Å²) in [6, 6.07) is 0.0895. The molecule has 1 amide bonds. The summed E-state index contributed by atoms with van der Waals surface area (Å²) in [5.41, 5.74) is -0.747. The molecule has 4 aliphatic rings. The monoisotopic (exact) mass is 433 g/mol.